The number of hydrogen-bond acceptors (Lipinski definition) is 4. The number of ketones is 1. The minimum Gasteiger partial charge on any atom is -0.478 e. The van der Waals surface area contributed by atoms with Crippen LogP contribution in [0.4, 0.5) is 4.39 Å². The monoisotopic (exact) mass is 353 g/mol. The van der Waals surface area contributed by atoms with E-state index in [1.165, 1.54) is 18.2 Å². The van der Waals surface area contributed by atoms with Gasteiger partial charge >= 0.3 is 5.97 Å². The molecule has 1 aromatic carbocycles. The van der Waals surface area contributed by atoms with Gasteiger partial charge in [-0.1, -0.05) is 18.2 Å². The summed E-state index contributed by atoms with van der Waals surface area (Å²) < 4.78 is 45.7. The number of aliphatic carboxylic acids is 1. The molecule has 1 saturated carbocycles. The fourth-order valence-corrected chi connectivity index (χ4v) is 3.25. The van der Waals surface area contributed by atoms with Gasteiger partial charge in [-0.2, -0.15) is 12.6 Å². The van der Waals surface area contributed by atoms with Gasteiger partial charge < -0.3 is 5.11 Å². The van der Waals surface area contributed by atoms with E-state index < -0.39 is 42.3 Å². The SMILES string of the molecule is [2H]C1([2H])C(C(=O)C(c2ccccc2F)N2CCC(S)/C(=C/C(=O)O)C2)C1([2H])[2H]. The van der Waals surface area contributed by atoms with Crippen LogP contribution in [-0.4, -0.2) is 40.1 Å². The van der Waals surface area contributed by atoms with Crippen molar-refractivity contribution < 1.29 is 24.6 Å². The summed E-state index contributed by atoms with van der Waals surface area (Å²) in [6.07, 6.45) is -3.21. The van der Waals surface area contributed by atoms with E-state index in [1.807, 2.05) is 0 Å². The van der Waals surface area contributed by atoms with Gasteiger partial charge in [0.25, 0.3) is 0 Å². The first-order valence-electron chi connectivity index (χ1n) is 9.62. The van der Waals surface area contributed by atoms with Crippen LogP contribution in [-0.2, 0) is 9.59 Å². The highest BCUT2D eigenvalue weighted by Crippen LogP contribution is 2.39. The minimum atomic E-state index is -2.32. The molecule has 24 heavy (non-hydrogen) atoms. The molecule has 6 heteroatoms. The zero-order valence-corrected chi connectivity index (χ0v) is 13.7. The maximum Gasteiger partial charge on any atom is 0.328 e. The van der Waals surface area contributed by atoms with Gasteiger partial charge in [0.05, 0.1) is 6.04 Å². The molecule has 0 radical (unpaired) electrons. The number of rotatable bonds is 5. The van der Waals surface area contributed by atoms with Gasteiger partial charge in [-0.25, -0.2) is 9.18 Å². The van der Waals surface area contributed by atoms with Crippen LogP contribution in [0.2, 0.25) is 0 Å². The number of halogens is 1. The van der Waals surface area contributed by atoms with Gasteiger partial charge in [0.15, 0.2) is 5.78 Å². The second kappa shape index (κ2) is 7.07. The first-order chi connectivity index (χ1) is 13.0. The summed E-state index contributed by atoms with van der Waals surface area (Å²) in [5.41, 5.74) is 0.483. The molecule has 0 aromatic heterocycles. The molecule has 2 atom stereocenters. The number of carboxylic acid groups (broad SMARTS) is 1. The van der Waals surface area contributed by atoms with E-state index in [0.29, 0.717) is 18.5 Å². The van der Waals surface area contributed by atoms with E-state index in [0.717, 1.165) is 6.08 Å². The topological polar surface area (TPSA) is 57.6 Å². The molecule has 2 fully saturated rings. The molecule has 1 heterocycles. The number of carboxylic acids is 1. The first kappa shape index (κ1) is 12.7. The molecule has 3 rings (SSSR count). The summed E-state index contributed by atoms with van der Waals surface area (Å²) in [4.78, 5) is 25.8. The molecule has 1 aliphatic heterocycles. The molecule has 128 valence electrons. The third kappa shape index (κ3) is 3.70. The van der Waals surface area contributed by atoms with Crippen molar-refractivity contribution >= 4 is 24.4 Å². The molecule has 1 saturated heterocycles. The third-order valence-electron chi connectivity index (χ3n) is 4.22. The van der Waals surface area contributed by atoms with Crippen LogP contribution < -0.4 is 0 Å². The third-order valence-corrected chi connectivity index (χ3v) is 4.81. The second-order valence-corrected chi connectivity index (χ2v) is 6.50. The van der Waals surface area contributed by atoms with Gasteiger partial charge in [-0.05, 0) is 30.8 Å². The van der Waals surface area contributed by atoms with E-state index in [-0.39, 0.29) is 17.4 Å². The molecule has 1 aromatic rings. The maximum atomic E-state index is 14.5. The molecule has 1 N–H and O–H groups in total. The fourth-order valence-electron chi connectivity index (χ4n) is 2.98. The molecule has 0 spiro atoms. The number of carbonyl (C=O) groups excluding carboxylic acids is 1. The number of hydrogen-bond donors (Lipinski definition) is 2. The Labute approximate surface area is 151 Å². The second-order valence-electron chi connectivity index (χ2n) is 5.88. The number of likely N-dealkylation sites (tertiary alicyclic amines) is 1. The standard InChI is InChI=1S/C18H20FNO3S/c19-14-4-2-1-3-13(14)17(18(23)11-5-6-11)20-8-7-15(24)12(10-20)9-16(21)22/h1-4,9,11,15,17,24H,5-8,10H2,(H,21,22)/b12-9+/i5D2,6D2. The average molecular weight is 353 g/mol. The Morgan fingerprint density at radius 3 is 2.75 bits per heavy atom. The lowest BCUT2D eigenvalue weighted by atomic mass is 9.93. The van der Waals surface area contributed by atoms with Gasteiger partial charge in [0.2, 0.25) is 0 Å². The highest BCUT2D eigenvalue weighted by atomic mass is 32.1. The molecule has 0 amide bonds. The predicted molar refractivity (Wildman–Crippen MR) is 91.6 cm³/mol. The van der Waals surface area contributed by atoms with Gasteiger partial charge in [0.1, 0.15) is 5.82 Å². The molecular weight excluding hydrogens is 329 g/mol. The lowest BCUT2D eigenvalue weighted by Crippen LogP contribution is -2.42. The van der Waals surface area contributed by atoms with Crippen LogP contribution in [0.1, 0.15) is 36.3 Å². The Hall–Kier alpha value is -1.66. The van der Waals surface area contributed by atoms with Crippen LogP contribution in [0, 0.1) is 11.7 Å². The number of carbonyl (C=O) groups is 2. The van der Waals surface area contributed by atoms with Gasteiger partial charge in [-0.3, -0.25) is 9.69 Å². The van der Waals surface area contributed by atoms with Gasteiger partial charge in [-0.15, -0.1) is 0 Å². The molecule has 0 bridgehead atoms. The van der Waals surface area contributed by atoms with E-state index in [2.05, 4.69) is 12.6 Å². The Morgan fingerprint density at radius 1 is 1.42 bits per heavy atom. The van der Waals surface area contributed by atoms with Gasteiger partial charge in [0, 0.05) is 41.4 Å². The largest absolute Gasteiger partial charge is 0.478 e. The lowest BCUT2D eigenvalue weighted by molar-refractivity contribution is -0.131. The highest BCUT2D eigenvalue weighted by molar-refractivity contribution is 7.81. The summed E-state index contributed by atoms with van der Waals surface area (Å²) in [5.74, 6) is -4.06. The van der Waals surface area contributed by atoms with E-state index in [4.69, 9.17) is 10.6 Å². The van der Waals surface area contributed by atoms with Crippen molar-refractivity contribution in [1.29, 1.82) is 0 Å². The Bertz CT molecular complexity index is 834. The predicted octanol–water partition coefficient (Wildman–Crippen LogP) is 2.86. The molecule has 2 aliphatic rings. The summed E-state index contributed by atoms with van der Waals surface area (Å²) in [7, 11) is 0. The minimum absolute atomic E-state index is 0.0262. The number of benzene rings is 1. The quantitative estimate of drug-likeness (QED) is 0.631. The number of thiol groups is 1. The lowest BCUT2D eigenvalue weighted by Gasteiger charge is -2.37. The van der Waals surface area contributed by atoms with Crippen molar-refractivity contribution in [3.63, 3.8) is 0 Å². The Kier molecular flexibility index (Phi) is 3.73. The summed E-state index contributed by atoms with van der Waals surface area (Å²) >= 11 is 4.37. The van der Waals surface area contributed by atoms with Crippen LogP contribution in [0.15, 0.2) is 35.9 Å². The molecule has 2 unspecified atom stereocenters. The first-order valence-corrected chi connectivity index (χ1v) is 8.13. The van der Waals surface area contributed by atoms with Crippen molar-refractivity contribution in [1.82, 2.24) is 4.90 Å². The maximum absolute atomic E-state index is 14.5. The molecule has 1 aliphatic carbocycles. The summed E-state index contributed by atoms with van der Waals surface area (Å²) in [6, 6.07) is 4.40. The van der Waals surface area contributed by atoms with E-state index in [1.54, 1.807) is 11.0 Å². The van der Waals surface area contributed by atoms with Crippen molar-refractivity contribution in [3.8, 4) is 0 Å². The smallest absolute Gasteiger partial charge is 0.328 e. The summed E-state index contributed by atoms with van der Waals surface area (Å²) in [5, 5.41) is 8.74. The molecular formula is C18H20FNO3S. The zero-order chi connectivity index (χ0) is 20.9. The van der Waals surface area contributed by atoms with Crippen LogP contribution in [0.3, 0.4) is 0 Å². The van der Waals surface area contributed by atoms with Crippen LogP contribution >= 0.6 is 12.6 Å². The number of piperidine rings is 1. The Balaban J connectivity index is 2.00. The van der Waals surface area contributed by atoms with E-state index >= 15 is 0 Å². The summed E-state index contributed by atoms with van der Waals surface area (Å²) in [6.45, 7) is 0.360. The van der Waals surface area contributed by atoms with Crippen molar-refractivity contribution in [2.45, 2.75) is 30.5 Å². The highest BCUT2D eigenvalue weighted by Gasteiger charge is 2.40. The van der Waals surface area contributed by atoms with Crippen molar-refractivity contribution in [2.75, 3.05) is 13.1 Å². The fraction of sp³-hybridized carbons (Fsp3) is 0.444. The number of nitrogens with zero attached hydrogens (tertiary/aromatic N) is 1. The normalized spacial score (nSPS) is 31.4. The van der Waals surface area contributed by atoms with Crippen molar-refractivity contribution in [2.24, 2.45) is 5.92 Å². The number of Topliss-reactive ketones (excluding diaryl/α,β-unsaturated/α-hetero) is 1. The zero-order valence-electron chi connectivity index (χ0n) is 16.8. The van der Waals surface area contributed by atoms with Crippen LogP contribution in [0.25, 0.3) is 0 Å². The average Bonchev–Trinajstić information content (AvgIpc) is 3.00. The van der Waals surface area contributed by atoms with Crippen molar-refractivity contribution in [3.05, 3.63) is 47.3 Å². The molecule has 4 nitrogen and oxygen atoms in total. The Morgan fingerprint density at radius 2 is 2.12 bits per heavy atom. The van der Waals surface area contributed by atoms with Crippen LogP contribution in [0.5, 0.6) is 0 Å². The van der Waals surface area contributed by atoms with E-state index in [9.17, 15) is 14.0 Å².